The zero-order valence-corrected chi connectivity index (χ0v) is 15.7. The molecule has 0 unspecified atom stereocenters. The highest BCUT2D eigenvalue weighted by atomic mass is 32.1. The lowest BCUT2D eigenvalue weighted by Crippen LogP contribution is -2.35. The molecule has 0 fully saturated rings. The molecule has 0 aromatic carbocycles. The summed E-state index contributed by atoms with van der Waals surface area (Å²) in [5, 5.41) is 4.75. The van der Waals surface area contributed by atoms with Crippen molar-refractivity contribution in [1.29, 1.82) is 0 Å². The molecule has 0 bridgehead atoms. The highest BCUT2D eigenvalue weighted by molar-refractivity contribution is 7.15. The van der Waals surface area contributed by atoms with Crippen molar-refractivity contribution in [1.82, 2.24) is 10.3 Å². The van der Waals surface area contributed by atoms with Crippen LogP contribution in [0.15, 0.2) is 0 Å². The van der Waals surface area contributed by atoms with Crippen molar-refractivity contribution < 1.29 is 0 Å². The summed E-state index contributed by atoms with van der Waals surface area (Å²) >= 11 is 1.85. The lowest BCUT2D eigenvalue weighted by Gasteiger charge is -2.26. The maximum absolute atomic E-state index is 4.82. The average Bonchev–Trinajstić information content (AvgIpc) is 2.72. The number of thiazole rings is 1. The SMILES string of the molecule is CCCCCN(c1nc(C)c(CNC(C)(C)C)s1)C(C)C. The van der Waals surface area contributed by atoms with Crippen LogP contribution >= 0.6 is 11.3 Å². The Morgan fingerprint density at radius 2 is 1.90 bits per heavy atom. The number of unbranched alkanes of at least 4 members (excludes halogenated alkanes) is 2. The third-order valence-electron chi connectivity index (χ3n) is 3.53. The van der Waals surface area contributed by atoms with Gasteiger partial charge in [0, 0.05) is 29.5 Å². The summed E-state index contributed by atoms with van der Waals surface area (Å²) in [5.74, 6) is 0. The van der Waals surface area contributed by atoms with E-state index in [4.69, 9.17) is 4.98 Å². The second-order valence-electron chi connectivity index (χ2n) is 7.10. The molecule has 1 aromatic heterocycles. The second-order valence-corrected chi connectivity index (χ2v) is 8.16. The van der Waals surface area contributed by atoms with Crippen molar-refractivity contribution >= 4 is 16.5 Å². The van der Waals surface area contributed by atoms with Crippen LogP contribution in [0.1, 0.15) is 71.4 Å². The van der Waals surface area contributed by atoms with Gasteiger partial charge in [-0.2, -0.15) is 0 Å². The van der Waals surface area contributed by atoms with Crippen LogP contribution in [0.3, 0.4) is 0 Å². The Bertz CT molecular complexity index is 418. The fourth-order valence-electron chi connectivity index (χ4n) is 2.15. The largest absolute Gasteiger partial charge is 0.346 e. The van der Waals surface area contributed by atoms with Gasteiger partial charge in [-0.05, 0) is 48.0 Å². The van der Waals surface area contributed by atoms with Crippen LogP contribution in [-0.2, 0) is 6.54 Å². The van der Waals surface area contributed by atoms with Gasteiger partial charge in [0.25, 0.3) is 0 Å². The maximum atomic E-state index is 4.82. The topological polar surface area (TPSA) is 28.2 Å². The molecule has 122 valence electrons. The summed E-state index contributed by atoms with van der Waals surface area (Å²) in [4.78, 5) is 8.63. The highest BCUT2D eigenvalue weighted by Gasteiger charge is 2.17. The normalized spacial score (nSPS) is 12.2. The quantitative estimate of drug-likeness (QED) is 0.703. The minimum atomic E-state index is 0.148. The number of aromatic nitrogens is 1. The minimum Gasteiger partial charge on any atom is -0.346 e. The molecule has 1 rings (SSSR count). The summed E-state index contributed by atoms with van der Waals surface area (Å²) in [5.41, 5.74) is 1.32. The van der Waals surface area contributed by atoms with Crippen LogP contribution in [0.25, 0.3) is 0 Å². The Kier molecular flexibility index (Phi) is 7.14. The number of hydrogen-bond acceptors (Lipinski definition) is 4. The fraction of sp³-hybridized carbons (Fsp3) is 0.824. The first-order chi connectivity index (χ1) is 9.74. The molecule has 0 atom stereocenters. The van der Waals surface area contributed by atoms with E-state index < -0.39 is 0 Å². The van der Waals surface area contributed by atoms with E-state index in [1.165, 1.54) is 35.0 Å². The molecule has 0 saturated heterocycles. The molecule has 1 aromatic rings. The summed E-state index contributed by atoms with van der Waals surface area (Å²) in [6, 6.07) is 0.510. The third-order valence-corrected chi connectivity index (χ3v) is 4.73. The lowest BCUT2D eigenvalue weighted by molar-refractivity contribution is 0.425. The van der Waals surface area contributed by atoms with Crippen molar-refractivity contribution in [2.24, 2.45) is 0 Å². The van der Waals surface area contributed by atoms with Gasteiger partial charge >= 0.3 is 0 Å². The van der Waals surface area contributed by atoms with Crippen LogP contribution in [0.2, 0.25) is 0 Å². The first kappa shape index (κ1) is 18.4. The van der Waals surface area contributed by atoms with E-state index in [1.807, 2.05) is 11.3 Å². The molecule has 0 amide bonds. The Morgan fingerprint density at radius 3 is 2.43 bits per heavy atom. The van der Waals surface area contributed by atoms with Crippen molar-refractivity contribution in [2.75, 3.05) is 11.4 Å². The third kappa shape index (κ3) is 6.35. The Balaban J connectivity index is 2.76. The predicted molar refractivity (Wildman–Crippen MR) is 95.5 cm³/mol. The average molecular weight is 312 g/mol. The van der Waals surface area contributed by atoms with Crippen LogP contribution in [0.5, 0.6) is 0 Å². The number of aryl methyl sites for hydroxylation is 1. The number of hydrogen-bond donors (Lipinski definition) is 1. The molecule has 21 heavy (non-hydrogen) atoms. The number of nitrogens with zero attached hydrogens (tertiary/aromatic N) is 2. The second kappa shape index (κ2) is 8.14. The van der Waals surface area contributed by atoms with E-state index >= 15 is 0 Å². The van der Waals surface area contributed by atoms with Crippen LogP contribution < -0.4 is 10.2 Å². The molecule has 1 heterocycles. The van der Waals surface area contributed by atoms with Crippen LogP contribution in [0.4, 0.5) is 5.13 Å². The van der Waals surface area contributed by atoms with Crippen LogP contribution in [0, 0.1) is 6.92 Å². The van der Waals surface area contributed by atoms with Crippen molar-refractivity contribution in [3.05, 3.63) is 10.6 Å². The highest BCUT2D eigenvalue weighted by Crippen LogP contribution is 2.28. The zero-order chi connectivity index (χ0) is 16.0. The smallest absolute Gasteiger partial charge is 0.186 e. The molecular formula is C17H33N3S. The Labute approximate surface area is 135 Å². The molecule has 0 saturated carbocycles. The summed E-state index contributed by atoms with van der Waals surface area (Å²) in [6.45, 7) is 17.5. The molecule has 0 aliphatic heterocycles. The number of anilines is 1. The van der Waals surface area contributed by atoms with Crippen molar-refractivity contribution in [3.63, 3.8) is 0 Å². The monoisotopic (exact) mass is 311 g/mol. The predicted octanol–water partition coefficient (Wildman–Crippen LogP) is 4.74. The Morgan fingerprint density at radius 1 is 1.24 bits per heavy atom. The van der Waals surface area contributed by atoms with E-state index in [2.05, 4.69) is 58.7 Å². The molecule has 0 spiro atoms. The molecule has 3 nitrogen and oxygen atoms in total. The van der Waals surface area contributed by atoms with E-state index in [0.29, 0.717) is 6.04 Å². The zero-order valence-electron chi connectivity index (χ0n) is 14.9. The van der Waals surface area contributed by atoms with Crippen LogP contribution in [-0.4, -0.2) is 23.1 Å². The maximum Gasteiger partial charge on any atom is 0.186 e. The van der Waals surface area contributed by atoms with Gasteiger partial charge in [0.1, 0.15) is 0 Å². The van der Waals surface area contributed by atoms with E-state index in [1.54, 1.807) is 0 Å². The molecular weight excluding hydrogens is 278 g/mol. The van der Waals surface area contributed by atoms with E-state index in [-0.39, 0.29) is 5.54 Å². The molecule has 0 aliphatic carbocycles. The summed E-state index contributed by atoms with van der Waals surface area (Å²) in [6.07, 6.45) is 3.82. The van der Waals surface area contributed by atoms with Gasteiger partial charge in [0.2, 0.25) is 0 Å². The molecule has 4 heteroatoms. The van der Waals surface area contributed by atoms with Crippen molar-refractivity contribution in [3.8, 4) is 0 Å². The summed E-state index contributed by atoms with van der Waals surface area (Å²) < 4.78 is 0. The van der Waals surface area contributed by atoms with Gasteiger partial charge in [0.15, 0.2) is 5.13 Å². The Hall–Kier alpha value is -0.610. The van der Waals surface area contributed by atoms with Gasteiger partial charge < -0.3 is 10.2 Å². The minimum absolute atomic E-state index is 0.148. The van der Waals surface area contributed by atoms with E-state index in [0.717, 1.165) is 13.1 Å². The summed E-state index contributed by atoms with van der Waals surface area (Å²) in [7, 11) is 0. The van der Waals surface area contributed by atoms with Crippen molar-refractivity contribution in [2.45, 2.75) is 85.9 Å². The first-order valence-corrected chi connectivity index (χ1v) is 9.04. The number of rotatable bonds is 8. The lowest BCUT2D eigenvalue weighted by atomic mass is 10.1. The van der Waals surface area contributed by atoms with E-state index in [9.17, 15) is 0 Å². The van der Waals surface area contributed by atoms with Gasteiger partial charge in [-0.25, -0.2) is 4.98 Å². The van der Waals surface area contributed by atoms with Gasteiger partial charge in [-0.1, -0.05) is 19.8 Å². The number of nitrogens with one attached hydrogen (secondary N) is 1. The standard InChI is InChI=1S/C17H33N3S/c1-8-9-10-11-20(13(2)3)16-19-14(4)15(21-16)12-18-17(5,6)7/h13,18H,8-12H2,1-7H3. The first-order valence-electron chi connectivity index (χ1n) is 8.22. The van der Waals surface area contributed by atoms with Gasteiger partial charge in [-0.15, -0.1) is 11.3 Å². The van der Waals surface area contributed by atoms with Gasteiger partial charge in [0.05, 0.1) is 5.69 Å². The molecule has 0 radical (unpaired) electrons. The molecule has 1 N–H and O–H groups in total. The molecule has 0 aliphatic rings. The van der Waals surface area contributed by atoms with Gasteiger partial charge in [-0.3, -0.25) is 0 Å². The fourth-order valence-corrected chi connectivity index (χ4v) is 3.31.